The smallest absolute Gasteiger partial charge is 0.173 e. The maximum atomic E-state index is 9.28. The van der Waals surface area contributed by atoms with Gasteiger partial charge in [0.05, 0.1) is 12.3 Å². The van der Waals surface area contributed by atoms with E-state index in [1.54, 1.807) is 0 Å². The highest BCUT2D eigenvalue weighted by Gasteiger charge is 2.24. The summed E-state index contributed by atoms with van der Waals surface area (Å²) in [6.07, 6.45) is 7.13. The lowest BCUT2D eigenvalue weighted by Crippen LogP contribution is -2.34. The van der Waals surface area contributed by atoms with Gasteiger partial charge in [0.1, 0.15) is 17.5 Å². The summed E-state index contributed by atoms with van der Waals surface area (Å²) in [4.78, 5) is 2.52. The molecule has 1 aliphatic carbocycles. The minimum absolute atomic E-state index is 0.725. The van der Waals surface area contributed by atoms with Crippen molar-refractivity contribution in [1.82, 2.24) is 14.6 Å². The number of ether oxygens (including phenoxy) is 1. The molecule has 1 aliphatic heterocycles. The molecule has 2 aromatic heterocycles. The fraction of sp³-hybridized carbons (Fsp3) is 0.556. The zero-order valence-electron chi connectivity index (χ0n) is 19.8. The fourth-order valence-corrected chi connectivity index (χ4v) is 5.12. The van der Waals surface area contributed by atoms with Crippen molar-refractivity contribution < 1.29 is 9.26 Å². The van der Waals surface area contributed by atoms with Gasteiger partial charge in [-0.15, -0.1) is 0 Å². The minimum atomic E-state index is 0.725. The summed E-state index contributed by atoms with van der Waals surface area (Å²) in [5.74, 6) is 2.40. The van der Waals surface area contributed by atoms with Crippen LogP contribution in [-0.2, 0) is 19.5 Å². The van der Waals surface area contributed by atoms with Crippen LogP contribution in [0.4, 0.5) is 0 Å². The van der Waals surface area contributed by atoms with Gasteiger partial charge in [-0.3, -0.25) is 4.90 Å². The molecule has 3 heterocycles. The highest BCUT2D eigenvalue weighted by Crippen LogP contribution is 2.34. The summed E-state index contributed by atoms with van der Waals surface area (Å²) >= 11 is 0. The standard InChI is InChI=1S/C27H34N4O2/c1-3-31-22(16-28)7-8-23(31)17-30-14-12-20(13-15-30)6-10-25-24-9-11-26(32-18-21-4-5-21)19(2)27(24)33-29-25/h7-9,11,20-21H,3-6,10,12-15,17-18H2,1-2H3. The van der Waals surface area contributed by atoms with Gasteiger partial charge in [-0.2, -0.15) is 5.26 Å². The topological polar surface area (TPSA) is 67.2 Å². The molecule has 0 atom stereocenters. The van der Waals surface area contributed by atoms with Gasteiger partial charge >= 0.3 is 0 Å². The monoisotopic (exact) mass is 446 g/mol. The largest absolute Gasteiger partial charge is 0.493 e. The SMILES string of the molecule is CCn1c(C#N)ccc1CN1CCC(CCc2noc3c(C)c(OCC4CC4)ccc23)CC1. The molecule has 6 heteroatoms. The Hall–Kier alpha value is -2.78. The summed E-state index contributed by atoms with van der Waals surface area (Å²) in [7, 11) is 0. The van der Waals surface area contributed by atoms with E-state index < -0.39 is 0 Å². The maximum absolute atomic E-state index is 9.28. The molecule has 0 radical (unpaired) electrons. The van der Waals surface area contributed by atoms with Crippen molar-refractivity contribution in [2.75, 3.05) is 19.7 Å². The molecule has 1 aromatic carbocycles. The van der Waals surface area contributed by atoms with E-state index in [1.807, 2.05) is 6.07 Å². The number of fused-ring (bicyclic) bond motifs is 1. The van der Waals surface area contributed by atoms with Crippen LogP contribution < -0.4 is 4.74 Å². The van der Waals surface area contributed by atoms with E-state index in [2.05, 4.69) is 52.7 Å². The zero-order valence-corrected chi connectivity index (χ0v) is 19.8. The first-order chi connectivity index (χ1) is 16.2. The second kappa shape index (κ2) is 9.61. The molecule has 1 saturated carbocycles. The first-order valence-electron chi connectivity index (χ1n) is 12.5. The molecule has 0 amide bonds. The third-order valence-corrected chi connectivity index (χ3v) is 7.47. The Balaban J connectivity index is 1.14. The Kier molecular flexibility index (Phi) is 6.41. The third kappa shape index (κ3) is 4.79. The molecule has 2 fully saturated rings. The molecule has 2 aliphatic rings. The maximum Gasteiger partial charge on any atom is 0.173 e. The van der Waals surface area contributed by atoms with Crippen LogP contribution in [0.3, 0.4) is 0 Å². The Bertz CT molecular complexity index is 1140. The van der Waals surface area contributed by atoms with Crippen LogP contribution in [0.15, 0.2) is 28.8 Å². The van der Waals surface area contributed by atoms with Gasteiger partial charge in [0.2, 0.25) is 0 Å². The van der Waals surface area contributed by atoms with E-state index in [9.17, 15) is 5.26 Å². The third-order valence-electron chi connectivity index (χ3n) is 7.47. The van der Waals surface area contributed by atoms with Crippen molar-refractivity contribution in [3.63, 3.8) is 0 Å². The number of piperidine rings is 1. The molecule has 0 bridgehead atoms. The number of likely N-dealkylation sites (tertiary alicyclic amines) is 1. The summed E-state index contributed by atoms with van der Waals surface area (Å²) in [6.45, 7) is 9.00. The lowest BCUT2D eigenvalue weighted by molar-refractivity contribution is 0.169. The van der Waals surface area contributed by atoms with Crippen LogP contribution in [0.25, 0.3) is 11.0 Å². The first-order valence-corrected chi connectivity index (χ1v) is 12.5. The van der Waals surface area contributed by atoms with Crippen molar-refractivity contribution in [2.45, 2.75) is 65.5 Å². The minimum Gasteiger partial charge on any atom is -0.493 e. The summed E-state index contributed by atoms with van der Waals surface area (Å²) in [6, 6.07) is 10.6. The van der Waals surface area contributed by atoms with Gasteiger partial charge in [-0.25, -0.2) is 0 Å². The number of aromatic nitrogens is 2. The predicted octanol–water partition coefficient (Wildman–Crippen LogP) is 5.46. The Labute approximate surface area is 196 Å². The number of aryl methyl sites for hydroxylation is 2. The zero-order chi connectivity index (χ0) is 22.8. The average Bonchev–Trinajstić information content (AvgIpc) is 3.44. The van der Waals surface area contributed by atoms with E-state index in [-0.39, 0.29) is 0 Å². The van der Waals surface area contributed by atoms with E-state index >= 15 is 0 Å². The van der Waals surface area contributed by atoms with Crippen molar-refractivity contribution in [1.29, 1.82) is 5.26 Å². The number of benzene rings is 1. The van der Waals surface area contributed by atoms with Crippen molar-refractivity contribution >= 4 is 11.0 Å². The number of rotatable bonds is 9. The molecular formula is C27H34N4O2. The molecule has 0 unspecified atom stereocenters. The van der Waals surface area contributed by atoms with Crippen LogP contribution in [-0.4, -0.2) is 34.3 Å². The molecule has 5 rings (SSSR count). The van der Waals surface area contributed by atoms with Crippen molar-refractivity contribution in [3.05, 3.63) is 46.9 Å². The average molecular weight is 447 g/mol. The van der Waals surface area contributed by atoms with Crippen LogP contribution in [0.1, 0.15) is 61.7 Å². The van der Waals surface area contributed by atoms with Gasteiger partial charge in [-0.05, 0) is 102 Å². The van der Waals surface area contributed by atoms with Crippen LogP contribution in [0.5, 0.6) is 5.75 Å². The van der Waals surface area contributed by atoms with Gasteiger partial charge < -0.3 is 13.8 Å². The van der Waals surface area contributed by atoms with Gasteiger partial charge in [0.15, 0.2) is 5.58 Å². The molecule has 3 aromatic rings. The number of hydrogen-bond donors (Lipinski definition) is 0. The normalized spacial score (nSPS) is 17.5. The second-order valence-electron chi connectivity index (χ2n) is 9.77. The first kappa shape index (κ1) is 22.0. The lowest BCUT2D eigenvalue weighted by Gasteiger charge is -2.32. The molecule has 6 nitrogen and oxygen atoms in total. The fourth-order valence-electron chi connectivity index (χ4n) is 5.12. The van der Waals surface area contributed by atoms with E-state index in [0.717, 1.165) is 91.1 Å². The van der Waals surface area contributed by atoms with E-state index in [0.29, 0.717) is 0 Å². The highest BCUT2D eigenvalue weighted by atomic mass is 16.5. The van der Waals surface area contributed by atoms with Crippen LogP contribution in [0.2, 0.25) is 0 Å². The molecule has 0 spiro atoms. The molecular weight excluding hydrogens is 412 g/mol. The van der Waals surface area contributed by atoms with Crippen LogP contribution in [0, 0.1) is 30.1 Å². The van der Waals surface area contributed by atoms with Gasteiger partial charge in [0.25, 0.3) is 0 Å². The summed E-state index contributed by atoms with van der Waals surface area (Å²) in [5.41, 5.74) is 5.03. The van der Waals surface area contributed by atoms with Crippen LogP contribution >= 0.6 is 0 Å². The summed E-state index contributed by atoms with van der Waals surface area (Å²) < 4.78 is 13.9. The Morgan fingerprint density at radius 3 is 2.67 bits per heavy atom. The number of nitriles is 1. The number of nitrogens with zero attached hydrogens (tertiary/aromatic N) is 4. The Morgan fingerprint density at radius 2 is 1.94 bits per heavy atom. The molecule has 0 N–H and O–H groups in total. The lowest BCUT2D eigenvalue weighted by atomic mass is 9.91. The molecule has 1 saturated heterocycles. The van der Waals surface area contributed by atoms with Gasteiger partial charge in [0, 0.05) is 29.7 Å². The predicted molar refractivity (Wildman–Crippen MR) is 128 cm³/mol. The van der Waals surface area contributed by atoms with Gasteiger partial charge in [-0.1, -0.05) is 5.16 Å². The quantitative estimate of drug-likeness (QED) is 0.436. The van der Waals surface area contributed by atoms with Crippen molar-refractivity contribution in [2.24, 2.45) is 11.8 Å². The molecule has 33 heavy (non-hydrogen) atoms. The summed E-state index contributed by atoms with van der Waals surface area (Å²) in [5, 5.41) is 14.8. The van der Waals surface area contributed by atoms with Crippen molar-refractivity contribution in [3.8, 4) is 11.8 Å². The second-order valence-corrected chi connectivity index (χ2v) is 9.77. The van der Waals surface area contributed by atoms with E-state index in [4.69, 9.17) is 9.26 Å². The Morgan fingerprint density at radius 1 is 1.12 bits per heavy atom. The highest BCUT2D eigenvalue weighted by molar-refractivity contribution is 5.84. The molecule has 174 valence electrons. The van der Waals surface area contributed by atoms with E-state index in [1.165, 1.54) is 31.4 Å². The number of hydrogen-bond acceptors (Lipinski definition) is 5.